The molecule has 0 radical (unpaired) electrons. The predicted molar refractivity (Wildman–Crippen MR) is 297 cm³/mol. The summed E-state index contributed by atoms with van der Waals surface area (Å²) in [6.07, 6.45) is 2.06. The second-order valence-corrected chi connectivity index (χ2v) is 36.1. The van der Waals surface area contributed by atoms with Crippen molar-refractivity contribution in [3.05, 3.63) is 90.5 Å². The number of hydrogen-bond acceptors (Lipinski definition) is 11. The number of fused-ring (bicyclic) bond motifs is 2. The Bertz CT molecular complexity index is 2350. The summed E-state index contributed by atoms with van der Waals surface area (Å²) in [6, 6.07) is 22.0. The van der Waals surface area contributed by atoms with Gasteiger partial charge in [-0.25, -0.2) is 13.2 Å². The van der Waals surface area contributed by atoms with E-state index in [1.54, 1.807) is 43.5 Å². The van der Waals surface area contributed by atoms with Crippen LogP contribution in [0.5, 0.6) is 0 Å². The number of rotatable bonds is 23. The molecule has 3 saturated heterocycles. The molecule has 3 heterocycles. The minimum absolute atomic E-state index is 0.00397. The fourth-order valence-corrected chi connectivity index (χ4v) is 15.2. The molecule has 3 fully saturated rings. The predicted octanol–water partition coefficient (Wildman–Crippen LogP) is 12.3. The quantitative estimate of drug-likeness (QED) is 0.0319. The van der Waals surface area contributed by atoms with Crippen LogP contribution in [-0.2, 0) is 42.4 Å². The first kappa shape index (κ1) is 58.2. The van der Waals surface area contributed by atoms with Crippen LogP contribution >= 0.6 is 22.6 Å². The van der Waals surface area contributed by atoms with Gasteiger partial charge in [0.05, 0.1) is 65.5 Å². The highest BCUT2D eigenvalue weighted by molar-refractivity contribution is 14.1. The number of carbonyl (C=O) groups excluding carboxylic acids is 1. The highest BCUT2D eigenvalue weighted by Gasteiger charge is 2.53. The summed E-state index contributed by atoms with van der Waals surface area (Å²) in [5.41, 5.74) is 0.713. The standard InChI is InChI=1S/C56H85IO11SSi2/c1-38(30-43-27-28-51-56(37-57,67-43)34-44(64-51)22-19-29-58)39(2)48(66-53(59)42-26-25-40-20-17-18-21-41(40)31-42)33-49-47(36-69(60,61)46-23-15-14-16-24-46)52(62-9)50(65-49)32-45(68-71(12,13)55(6,7)8)35-63-70(10,11)54(3,4)5/h14-18,20-21,23-26,31,38,43-45,47-52,58H,2,19,22,27-30,32-37H2,1,3-13H3/t38-,43?,44+,45?,47+,48-,49+,50-,51+,52-,56-/m1/s1. The van der Waals surface area contributed by atoms with Gasteiger partial charge in [0.25, 0.3) is 0 Å². The zero-order valence-electron chi connectivity index (χ0n) is 44.7. The van der Waals surface area contributed by atoms with Crippen LogP contribution in [0, 0.1) is 11.8 Å². The molecule has 2 unspecified atom stereocenters. The molecule has 3 aromatic rings. The van der Waals surface area contributed by atoms with Gasteiger partial charge in [-0.05, 0) is 115 Å². The van der Waals surface area contributed by atoms with Crippen molar-refractivity contribution in [2.24, 2.45) is 11.8 Å². The average Bonchev–Trinajstić information content (AvgIpc) is 3.84. The molecule has 0 amide bonds. The molecule has 1 N–H and O–H groups in total. The molecule has 15 heteroatoms. The number of sulfone groups is 1. The van der Waals surface area contributed by atoms with E-state index in [0.29, 0.717) is 37.0 Å². The van der Waals surface area contributed by atoms with Crippen molar-refractivity contribution in [1.82, 2.24) is 0 Å². The van der Waals surface area contributed by atoms with E-state index < -0.39 is 68.4 Å². The van der Waals surface area contributed by atoms with Crippen molar-refractivity contribution in [1.29, 1.82) is 0 Å². The molecule has 11 atom stereocenters. The minimum atomic E-state index is -3.84. The number of aliphatic hydroxyl groups is 1. The SMILES string of the molecule is C=C([C@H](C)CC1CC[C@@H]2O[C@@H](CCCO)C[C@]2(CI)O1)[C@@H](C[C@@H]1O[C@H](CC(CO[Si](C)(C)C(C)(C)C)O[Si](C)(C)C(C)(C)C)[C@H](OC)[C@H]1CS(=O)(=O)c1ccccc1)OC(=O)c1ccc2ccccc2c1. The van der Waals surface area contributed by atoms with Gasteiger partial charge in [-0.1, -0.05) is 126 Å². The van der Waals surface area contributed by atoms with E-state index in [1.807, 2.05) is 36.4 Å². The highest BCUT2D eigenvalue weighted by Crippen LogP contribution is 2.47. The molecule has 6 rings (SSSR count). The summed E-state index contributed by atoms with van der Waals surface area (Å²) in [4.78, 5) is 14.7. The van der Waals surface area contributed by atoms with Crippen molar-refractivity contribution >= 4 is 65.8 Å². The van der Waals surface area contributed by atoms with Crippen molar-refractivity contribution in [3.8, 4) is 0 Å². The van der Waals surface area contributed by atoms with Crippen LogP contribution in [0.15, 0.2) is 89.8 Å². The fraction of sp³-hybridized carbons (Fsp3) is 0.661. The smallest absolute Gasteiger partial charge is 0.338 e. The van der Waals surface area contributed by atoms with Crippen LogP contribution in [0.2, 0.25) is 36.3 Å². The third-order valence-electron chi connectivity index (χ3n) is 16.5. The Kier molecular flexibility index (Phi) is 19.6. The number of hydrogen-bond donors (Lipinski definition) is 1. The summed E-state index contributed by atoms with van der Waals surface area (Å²) < 4.78 is 77.5. The third-order valence-corrected chi connectivity index (χ3v) is 28.7. The van der Waals surface area contributed by atoms with Crippen molar-refractivity contribution in [3.63, 3.8) is 0 Å². The van der Waals surface area contributed by atoms with Gasteiger partial charge in [0.2, 0.25) is 0 Å². The van der Waals surface area contributed by atoms with Crippen molar-refractivity contribution < 1.29 is 50.9 Å². The first-order valence-electron chi connectivity index (χ1n) is 25.9. The van der Waals surface area contributed by atoms with Gasteiger partial charge in [0.15, 0.2) is 26.5 Å². The van der Waals surface area contributed by atoms with Crippen molar-refractivity contribution in [2.45, 2.75) is 195 Å². The number of methoxy groups -OCH3 is 1. The number of carbonyl (C=O) groups is 1. The Morgan fingerprint density at radius 3 is 2.17 bits per heavy atom. The third kappa shape index (κ3) is 14.3. The summed E-state index contributed by atoms with van der Waals surface area (Å²) in [7, 11) is -6.77. The van der Waals surface area contributed by atoms with E-state index >= 15 is 0 Å². The lowest BCUT2D eigenvalue weighted by atomic mass is 9.83. The van der Waals surface area contributed by atoms with Gasteiger partial charge in [-0.3, -0.25) is 0 Å². The van der Waals surface area contributed by atoms with E-state index in [2.05, 4.69) is 104 Å². The number of halogens is 1. The normalized spacial score (nSPS) is 26.8. The maximum atomic E-state index is 14.5. The minimum Gasteiger partial charge on any atom is -0.454 e. The number of aliphatic hydroxyl groups excluding tert-OH is 1. The maximum Gasteiger partial charge on any atom is 0.338 e. The zero-order chi connectivity index (χ0) is 52.2. The molecule has 3 aliphatic rings. The topological polar surface area (TPSA) is 136 Å². The van der Waals surface area contributed by atoms with Crippen LogP contribution in [-0.4, -0.2) is 121 Å². The van der Waals surface area contributed by atoms with Gasteiger partial charge >= 0.3 is 5.97 Å². The fourth-order valence-electron chi connectivity index (χ4n) is 10.1. The van der Waals surface area contributed by atoms with Gasteiger partial charge < -0.3 is 37.6 Å². The Labute approximate surface area is 442 Å². The van der Waals surface area contributed by atoms with Crippen LogP contribution < -0.4 is 0 Å². The van der Waals surface area contributed by atoms with Crippen LogP contribution in [0.4, 0.5) is 0 Å². The number of alkyl halides is 1. The molecule has 0 spiro atoms. The van der Waals surface area contributed by atoms with Crippen LogP contribution in [0.1, 0.15) is 110 Å². The molecule has 71 heavy (non-hydrogen) atoms. The van der Waals surface area contributed by atoms with Crippen LogP contribution in [0.25, 0.3) is 10.8 Å². The molecule has 0 saturated carbocycles. The van der Waals surface area contributed by atoms with Gasteiger partial charge in [0, 0.05) is 43.3 Å². The van der Waals surface area contributed by atoms with E-state index in [-0.39, 0.29) is 64.1 Å². The van der Waals surface area contributed by atoms with E-state index in [9.17, 15) is 18.3 Å². The largest absolute Gasteiger partial charge is 0.454 e. The molecule has 0 aromatic heterocycles. The first-order valence-corrected chi connectivity index (χ1v) is 34.9. The summed E-state index contributed by atoms with van der Waals surface area (Å²) in [5, 5.41) is 11.4. The molecule has 3 aliphatic heterocycles. The molecule has 3 aromatic carbocycles. The van der Waals surface area contributed by atoms with Gasteiger partial charge in [-0.15, -0.1) is 0 Å². The second-order valence-electron chi connectivity index (χ2n) is 23.7. The van der Waals surface area contributed by atoms with Crippen molar-refractivity contribution in [2.75, 3.05) is 30.5 Å². The highest BCUT2D eigenvalue weighted by atomic mass is 127. The molecule has 11 nitrogen and oxygen atoms in total. The number of benzene rings is 3. The molecular formula is C56H85IO11SSi2. The summed E-state index contributed by atoms with van der Waals surface area (Å²) >= 11 is 2.42. The maximum absolute atomic E-state index is 14.5. The van der Waals surface area contributed by atoms with E-state index in [4.69, 9.17) is 32.5 Å². The Balaban J connectivity index is 1.34. The Morgan fingerprint density at radius 2 is 1.54 bits per heavy atom. The zero-order valence-corrected chi connectivity index (χ0v) is 49.7. The first-order chi connectivity index (χ1) is 33.2. The van der Waals surface area contributed by atoms with Crippen LogP contribution in [0.3, 0.4) is 0 Å². The van der Waals surface area contributed by atoms with Gasteiger partial charge in [0.1, 0.15) is 11.7 Å². The lowest BCUT2D eigenvalue weighted by molar-refractivity contribution is -0.155. The monoisotopic (exact) mass is 1150 g/mol. The molecule has 0 bridgehead atoms. The Hall–Kier alpha value is -2.04. The average molecular weight is 1150 g/mol. The number of esters is 1. The number of ether oxygens (including phenoxy) is 5. The molecule has 0 aliphatic carbocycles. The lowest BCUT2D eigenvalue weighted by Crippen LogP contribution is -2.50. The Morgan fingerprint density at radius 1 is 0.873 bits per heavy atom. The lowest BCUT2D eigenvalue weighted by Gasteiger charge is -2.42. The second kappa shape index (κ2) is 23.9. The van der Waals surface area contributed by atoms with E-state index in [1.165, 1.54) is 0 Å². The van der Waals surface area contributed by atoms with Gasteiger partial charge in [-0.2, -0.15) is 0 Å². The summed E-state index contributed by atoms with van der Waals surface area (Å²) in [5.74, 6) is -1.53. The molecular weight excluding hydrogens is 1060 g/mol. The van der Waals surface area contributed by atoms with E-state index in [0.717, 1.165) is 40.9 Å². The molecule has 396 valence electrons. The summed E-state index contributed by atoms with van der Waals surface area (Å²) in [6.45, 7) is 29.6.